The van der Waals surface area contributed by atoms with Gasteiger partial charge < -0.3 is 14.7 Å². The summed E-state index contributed by atoms with van der Waals surface area (Å²) in [7, 11) is 1.77. The minimum absolute atomic E-state index is 0.0409. The fourth-order valence-corrected chi connectivity index (χ4v) is 5.51. The Hall–Kier alpha value is -2.28. The number of hydrogen-bond acceptors (Lipinski definition) is 3. The summed E-state index contributed by atoms with van der Waals surface area (Å²) < 4.78 is 0. The van der Waals surface area contributed by atoms with Crippen molar-refractivity contribution in [1.29, 1.82) is 0 Å². The molecule has 2 aromatic rings. The standard InChI is InChI=1S/C26H28Cl3N3O3/c1-16(33)31-11-9-18(10-12-31)26(35)32-14-21(19-5-8-22(28)23(29)13-19)24(15-32)30(2)25(34)17-3-6-20(27)7-4-17/h3-8,13,18,21,24H,9-12,14-15H2,1-2H3. The molecule has 2 aliphatic rings. The third-order valence-corrected chi connectivity index (χ3v) is 8.16. The highest BCUT2D eigenvalue weighted by molar-refractivity contribution is 6.42. The van der Waals surface area contributed by atoms with Gasteiger partial charge in [0, 0.05) is 62.6 Å². The van der Waals surface area contributed by atoms with Crippen LogP contribution in [0.5, 0.6) is 0 Å². The second kappa shape index (κ2) is 10.8. The topological polar surface area (TPSA) is 60.9 Å². The lowest BCUT2D eigenvalue weighted by molar-refractivity contribution is -0.139. The molecule has 2 atom stereocenters. The van der Waals surface area contributed by atoms with Crippen molar-refractivity contribution in [1.82, 2.24) is 14.7 Å². The lowest BCUT2D eigenvalue weighted by Crippen LogP contribution is -2.45. The van der Waals surface area contributed by atoms with Gasteiger partial charge in [0.2, 0.25) is 11.8 Å². The molecule has 9 heteroatoms. The molecule has 3 amide bonds. The monoisotopic (exact) mass is 535 g/mol. The Bertz CT molecular complexity index is 1120. The third-order valence-electron chi connectivity index (χ3n) is 7.17. The van der Waals surface area contributed by atoms with Crippen LogP contribution in [-0.4, -0.2) is 71.7 Å². The number of hydrogen-bond donors (Lipinski definition) is 0. The fraction of sp³-hybridized carbons (Fsp3) is 0.423. The van der Waals surface area contributed by atoms with Crippen LogP contribution in [0, 0.1) is 5.92 Å². The van der Waals surface area contributed by atoms with E-state index in [9.17, 15) is 14.4 Å². The average Bonchev–Trinajstić information content (AvgIpc) is 3.30. The Kier molecular flexibility index (Phi) is 7.94. The minimum atomic E-state index is -0.239. The van der Waals surface area contributed by atoms with E-state index in [1.54, 1.807) is 54.1 Å². The lowest BCUT2D eigenvalue weighted by atomic mass is 9.93. The fourth-order valence-electron chi connectivity index (χ4n) is 5.08. The van der Waals surface area contributed by atoms with Crippen LogP contribution in [0.15, 0.2) is 42.5 Å². The van der Waals surface area contributed by atoms with Crippen LogP contribution in [0.2, 0.25) is 15.1 Å². The van der Waals surface area contributed by atoms with Gasteiger partial charge in [0.15, 0.2) is 0 Å². The molecule has 2 aliphatic heterocycles. The number of carbonyl (C=O) groups excluding carboxylic acids is 3. The first-order chi connectivity index (χ1) is 16.7. The van der Waals surface area contributed by atoms with Crippen LogP contribution < -0.4 is 0 Å². The molecule has 0 saturated carbocycles. The molecule has 35 heavy (non-hydrogen) atoms. The molecule has 0 aliphatic carbocycles. The summed E-state index contributed by atoms with van der Waals surface area (Å²) in [6.45, 7) is 3.64. The molecule has 0 bridgehead atoms. The van der Waals surface area contributed by atoms with Crippen LogP contribution >= 0.6 is 34.8 Å². The summed E-state index contributed by atoms with van der Waals surface area (Å²) in [5, 5.41) is 1.46. The number of piperidine rings is 1. The maximum Gasteiger partial charge on any atom is 0.253 e. The molecule has 2 unspecified atom stereocenters. The smallest absolute Gasteiger partial charge is 0.253 e. The third kappa shape index (κ3) is 5.60. The molecule has 2 fully saturated rings. The number of likely N-dealkylation sites (N-methyl/N-ethyl adjacent to an activating group) is 1. The summed E-state index contributed by atoms with van der Waals surface area (Å²) in [4.78, 5) is 43.8. The van der Waals surface area contributed by atoms with E-state index in [4.69, 9.17) is 34.8 Å². The van der Waals surface area contributed by atoms with Crippen molar-refractivity contribution in [3.05, 3.63) is 68.7 Å². The Morgan fingerprint density at radius 2 is 1.54 bits per heavy atom. The van der Waals surface area contributed by atoms with Crippen LogP contribution in [-0.2, 0) is 9.59 Å². The van der Waals surface area contributed by atoms with Gasteiger partial charge >= 0.3 is 0 Å². The van der Waals surface area contributed by atoms with Crippen molar-refractivity contribution in [2.45, 2.75) is 31.7 Å². The number of likely N-dealkylation sites (tertiary alicyclic amines) is 2. The number of rotatable bonds is 4. The number of halogens is 3. The Morgan fingerprint density at radius 1 is 0.886 bits per heavy atom. The van der Waals surface area contributed by atoms with E-state index >= 15 is 0 Å². The first-order valence-corrected chi connectivity index (χ1v) is 12.8. The largest absolute Gasteiger partial charge is 0.343 e. The molecule has 186 valence electrons. The second-order valence-corrected chi connectivity index (χ2v) is 10.5. The maximum atomic E-state index is 13.5. The van der Waals surface area contributed by atoms with Crippen molar-refractivity contribution in [3.63, 3.8) is 0 Å². The molecule has 6 nitrogen and oxygen atoms in total. The van der Waals surface area contributed by atoms with Gasteiger partial charge in [0.05, 0.1) is 16.1 Å². The summed E-state index contributed by atoms with van der Waals surface area (Å²) in [6, 6.07) is 12.0. The van der Waals surface area contributed by atoms with Crippen LogP contribution in [0.3, 0.4) is 0 Å². The van der Waals surface area contributed by atoms with E-state index < -0.39 is 0 Å². The summed E-state index contributed by atoms with van der Waals surface area (Å²) in [6.07, 6.45) is 1.30. The maximum absolute atomic E-state index is 13.5. The van der Waals surface area contributed by atoms with Gasteiger partial charge in [0.25, 0.3) is 5.91 Å². The Morgan fingerprint density at radius 3 is 2.14 bits per heavy atom. The number of carbonyl (C=O) groups is 3. The van der Waals surface area contributed by atoms with Gasteiger partial charge in [-0.15, -0.1) is 0 Å². The van der Waals surface area contributed by atoms with Gasteiger partial charge in [-0.25, -0.2) is 0 Å². The Balaban J connectivity index is 1.57. The number of benzene rings is 2. The van der Waals surface area contributed by atoms with Gasteiger partial charge in [-0.2, -0.15) is 0 Å². The average molecular weight is 537 g/mol. The number of nitrogens with zero attached hydrogens (tertiary/aromatic N) is 3. The van der Waals surface area contributed by atoms with Crippen molar-refractivity contribution < 1.29 is 14.4 Å². The first kappa shape index (κ1) is 25.8. The van der Waals surface area contributed by atoms with Gasteiger partial charge in [0.1, 0.15) is 0 Å². The van der Waals surface area contributed by atoms with E-state index in [-0.39, 0.29) is 35.6 Å². The van der Waals surface area contributed by atoms with Crippen molar-refractivity contribution in [2.75, 3.05) is 33.2 Å². The SMILES string of the molecule is CC(=O)N1CCC(C(=O)N2CC(c3ccc(Cl)c(Cl)c3)C(N(C)C(=O)c3ccc(Cl)cc3)C2)CC1. The lowest BCUT2D eigenvalue weighted by Gasteiger charge is -2.33. The van der Waals surface area contributed by atoms with Crippen molar-refractivity contribution in [3.8, 4) is 0 Å². The molecular weight excluding hydrogens is 509 g/mol. The predicted octanol–water partition coefficient (Wildman–Crippen LogP) is 4.97. The highest BCUT2D eigenvalue weighted by atomic mass is 35.5. The second-order valence-electron chi connectivity index (χ2n) is 9.29. The molecule has 0 aromatic heterocycles. The van der Waals surface area contributed by atoms with Crippen molar-refractivity contribution >= 4 is 52.5 Å². The molecular formula is C26H28Cl3N3O3. The molecule has 2 saturated heterocycles. The summed E-state index contributed by atoms with van der Waals surface area (Å²) in [5.74, 6) is -0.267. The zero-order valence-corrected chi connectivity index (χ0v) is 22.0. The highest BCUT2D eigenvalue weighted by Crippen LogP contribution is 2.36. The van der Waals surface area contributed by atoms with Crippen LogP contribution in [0.1, 0.15) is 41.6 Å². The van der Waals surface area contributed by atoms with E-state index in [2.05, 4.69) is 0 Å². The molecule has 0 radical (unpaired) electrons. The predicted molar refractivity (Wildman–Crippen MR) is 138 cm³/mol. The van der Waals surface area contributed by atoms with Crippen LogP contribution in [0.25, 0.3) is 0 Å². The zero-order valence-electron chi connectivity index (χ0n) is 19.7. The molecule has 4 rings (SSSR count). The van der Waals surface area contributed by atoms with Gasteiger partial charge in [-0.1, -0.05) is 40.9 Å². The first-order valence-electron chi connectivity index (χ1n) is 11.7. The molecule has 0 N–H and O–H groups in total. The molecule has 0 spiro atoms. The zero-order chi connectivity index (χ0) is 25.3. The summed E-state index contributed by atoms with van der Waals surface area (Å²) in [5.41, 5.74) is 1.47. The van der Waals surface area contributed by atoms with E-state index in [0.717, 1.165) is 5.56 Å². The normalized spacial score (nSPS) is 20.7. The van der Waals surface area contributed by atoms with Crippen LogP contribution in [0.4, 0.5) is 0 Å². The minimum Gasteiger partial charge on any atom is -0.343 e. The quantitative estimate of drug-likeness (QED) is 0.554. The van der Waals surface area contributed by atoms with E-state index in [0.29, 0.717) is 59.7 Å². The molecule has 2 heterocycles. The summed E-state index contributed by atoms with van der Waals surface area (Å²) >= 11 is 18.5. The molecule has 2 aromatic carbocycles. The van der Waals surface area contributed by atoms with Gasteiger partial charge in [-0.05, 0) is 54.8 Å². The van der Waals surface area contributed by atoms with Crippen molar-refractivity contribution in [2.24, 2.45) is 5.92 Å². The van der Waals surface area contributed by atoms with Gasteiger partial charge in [-0.3, -0.25) is 14.4 Å². The Labute approximate surface area is 220 Å². The van der Waals surface area contributed by atoms with E-state index in [1.807, 2.05) is 17.0 Å². The number of amides is 3. The van der Waals surface area contributed by atoms with E-state index in [1.165, 1.54) is 0 Å². The highest BCUT2D eigenvalue weighted by Gasteiger charge is 2.42.